The molecule has 34 heavy (non-hydrogen) atoms. The zero-order valence-electron chi connectivity index (χ0n) is 20.8. The van der Waals surface area contributed by atoms with Crippen molar-refractivity contribution in [3.05, 3.63) is 29.3 Å². The largest absolute Gasteiger partial charge is 0.353 e. The Kier molecular flexibility index (Phi) is 7.11. The zero-order valence-corrected chi connectivity index (χ0v) is 21.6. The number of benzene rings is 1. The maximum absolute atomic E-state index is 13.4. The van der Waals surface area contributed by atoms with Crippen molar-refractivity contribution in [2.75, 3.05) is 13.1 Å². The highest BCUT2D eigenvalue weighted by atomic mass is 32.2. The second-order valence-corrected chi connectivity index (χ2v) is 13.1. The summed E-state index contributed by atoms with van der Waals surface area (Å²) in [6.45, 7) is 7.69. The number of amides is 2. The second kappa shape index (κ2) is 9.61. The quantitative estimate of drug-likeness (QED) is 0.464. The smallest absolute Gasteiger partial charge is 0.242 e. The standard InChI is InChI=1S/C26H39N3O4S/c1-16(2)23(29-25(31)26-13-19-10-20(14-26)12-21(11-19)15-26)24(30)27-7-8-28-34(32,33)22-9-17(3)5-6-18(22)4/h5-6,9,16,19-21,23,28H,7-8,10-15H2,1-4H3,(H,27,30)(H,29,31)/t19?,20?,21?,23-,26?/m1/s1. The van der Waals surface area contributed by atoms with Gasteiger partial charge < -0.3 is 10.6 Å². The fourth-order valence-electron chi connectivity index (χ4n) is 6.77. The van der Waals surface area contributed by atoms with Gasteiger partial charge in [0.05, 0.1) is 4.90 Å². The predicted octanol–water partition coefficient (Wildman–Crippen LogP) is 3.06. The first-order valence-electron chi connectivity index (χ1n) is 12.6. The highest BCUT2D eigenvalue weighted by Gasteiger charge is 2.55. The Morgan fingerprint density at radius 1 is 1.00 bits per heavy atom. The van der Waals surface area contributed by atoms with Crippen molar-refractivity contribution in [2.24, 2.45) is 29.1 Å². The number of aryl methyl sites for hydroxylation is 2. The molecule has 188 valence electrons. The topological polar surface area (TPSA) is 104 Å². The number of sulfonamides is 1. The number of hydrogen-bond donors (Lipinski definition) is 3. The zero-order chi connectivity index (χ0) is 24.7. The summed E-state index contributed by atoms with van der Waals surface area (Å²) in [5.41, 5.74) is 1.24. The van der Waals surface area contributed by atoms with Crippen LogP contribution in [0.1, 0.15) is 63.5 Å². The SMILES string of the molecule is Cc1ccc(C)c(S(=O)(=O)NCCNC(=O)[C@H](NC(=O)C23CC4CC(CC(C4)C2)C3)C(C)C)c1. The van der Waals surface area contributed by atoms with Crippen molar-refractivity contribution < 1.29 is 18.0 Å². The maximum atomic E-state index is 13.4. The van der Waals surface area contributed by atoms with E-state index in [0.717, 1.165) is 24.8 Å². The molecule has 0 aliphatic heterocycles. The summed E-state index contributed by atoms with van der Waals surface area (Å²) in [5.74, 6) is 1.69. The molecular weight excluding hydrogens is 450 g/mol. The van der Waals surface area contributed by atoms with Gasteiger partial charge in [-0.2, -0.15) is 0 Å². The van der Waals surface area contributed by atoms with Gasteiger partial charge >= 0.3 is 0 Å². The monoisotopic (exact) mass is 489 g/mol. The number of carbonyl (C=O) groups excluding carboxylic acids is 2. The molecular formula is C26H39N3O4S. The van der Waals surface area contributed by atoms with Gasteiger partial charge in [-0.15, -0.1) is 0 Å². The first kappa shape index (κ1) is 25.2. The molecule has 0 heterocycles. The molecule has 4 fully saturated rings. The summed E-state index contributed by atoms with van der Waals surface area (Å²) in [4.78, 5) is 26.6. The van der Waals surface area contributed by atoms with Gasteiger partial charge in [-0.25, -0.2) is 13.1 Å². The summed E-state index contributed by atoms with van der Waals surface area (Å²) in [5, 5.41) is 5.89. The maximum Gasteiger partial charge on any atom is 0.242 e. The van der Waals surface area contributed by atoms with Gasteiger partial charge in [-0.1, -0.05) is 26.0 Å². The highest BCUT2D eigenvalue weighted by Crippen LogP contribution is 2.60. The summed E-state index contributed by atoms with van der Waals surface area (Å²) < 4.78 is 27.9. The summed E-state index contributed by atoms with van der Waals surface area (Å²) in [6.07, 6.45) is 6.65. The molecule has 4 saturated carbocycles. The Labute approximate surface area is 203 Å². The van der Waals surface area contributed by atoms with Crippen LogP contribution in [0.15, 0.2) is 23.1 Å². The van der Waals surface area contributed by atoms with Crippen molar-refractivity contribution in [3.8, 4) is 0 Å². The number of nitrogens with one attached hydrogen (secondary N) is 3. The summed E-state index contributed by atoms with van der Waals surface area (Å²) in [6, 6.07) is 4.67. The molecule has 7 nitrogen and oxygen atoms in total. The first-order chi connectivity index (χ1) is 16.0. The molecule has 0 saturated heterocycles. The molecule has 0 aromatic heterocycles. The summed E-state index contributed by atoms with van der Waals surface area (Å²) >= 11 is 0. The number of rotatable bonds is 9. The van der Waals surface area contributed by atoms with Crippen LogP contribution < -0.4 is 15.4 Å². The molecule has 5 rings (SSSR count). The molecule has 1 aromatic rings. The van der Waals surface area contributed by atoms with Gasteiger partial charge in [0.25, 0.3) is 0 Å². The normalized spacial score (nSPS) is 28.7. The molecule has 2 amide bonds. The lowest BCUT2D eigenvalue weighted by atomic mass is 9.49. The van der Waals surface area contributed by atoms with Gasteiger partial charge in [0, 0.05) is 18.5 Å². The third kappa shape index (κ3) is 5.18. The average molecular weight is 490 g/mol. The van der Waals surface area contributed by atoms with Crippen molar-refractivity contribution in [1.82, 2.24) is 15.4 Å². The predicted molar refractivity (Wildman–Crippen MR) is 131 cm³/mol. The minimum absolute atomic E-state index is 0.0380. The Balaban J connectivity index is 1.31. The van der Waals surface area contributed by atoms with Gasteiger partial charge in [-0.05, 0) is 93.2 Å². The van der Waals surface area contributed by atoms with Crippen LogP contribution in [0.3, 0.4) is 0 Å². The van der Waals surface area contributed by atoms with Crippen molar-refractivity contribution in [2.45, 2.75) is 77.2 Å². The van der Waals surface area contributed by atoms with E-state index >= 15 is 0 Å². The molecule has 0 unspecified atom stereocenters. The van der Waals surface area contributed by atoms with Crippen LogP contribution in [0.5, 0.6) is 0 Å². The molecule has 1 aromatic carbocycles. The number of hydrogen-bond acceptors (Lipinski definition) is 4. The molecule has 0 radical (unpaired) electrons. The lowest BCUT2D eigenvalue weighted by molar-refractivity contribution is -0.149. The number of carbonyl (C=O) groups is 2. The molecule has 4 aliphatic carbocycles. The lowest BCUT2D eigenvalue weighted by Crippen LogP contribution is -2.58. The Morgan fingerprint density at radius 3 is 2.15 bits per heavy atom. The summed E-state index contributed by atoms with van der Waals surface area (Å²) in [7, 11) is -3.66. The van der Waals surface area contributed by atoms with Crippen LogP contribution >= 0.6 is 0 Å². The molecule has 4 bridgehead atoms. The van der Waals surface area contributed by atoms with E-state index in [0.29, 0.717) is 23.3 Å². The third-order valence-electron chi connectivity index (χ3n) is 8.11. The van der Waals surface area contributed by atoms with Gasteiger partial charge in [0.1, 0.15) is 6.04 Å². The molecule has 8 heteroatoms. The molecule has 0 spiro atoms. The molecule has 4 aliphatic rings. The van der Waals surface area contributed by atoms with Gasteiger partial charge in [0.2, 0.25) is 21.8 Å². The van der Waals surface area contributed by atoms with Crippen LogP contribution in [-0.2, 0) is 19.6 Å². The fourth-order valence-corrected chi connectivity index (χ4v) is 8.13. The van der Waals surface area contributed by atoms with Gasteiger partial charge in [-0.3, -0.25) is 9.59 Å². The van der Waals surface area contributed by atoms with Crippen LogP contribution in [0.25, 0.3) is 0 Å². The minimum atomic E-state index is -3.66. The molecule has 3 N–H and O–H groups in total. The van der Waals surface area contributed by atoms with E-state index in [1.807, 2.05) is 26.8 Å². The van der Waals surface area contributed by atoms with E-state index in [2.05, 4.69) is 15.4 Å². The van der Waals surface area contributed by atoms with Crippen LogP contribution in [0, 0.1) is 42.9 Å². The van der Waals surface area contributed by atoms with Crippen molar-refractivity contribution in [3.63, 3.8) is 0 Å². The van der Waals surface area contributed by atoms with E-state index in [-0.39, 0.29) is 41.1 Å². The van der Waals surface area contributed by atoms with E-state index in [1.54, 1.807) is 19.1 Å². The van der Waals surface area contributed by atoms with E-state index in [1.165, 1.54) is 19.3 Å². The highest BCUT2D eigenvalue weighted by molar-refractivity contribution is 7.89. The van der Waals surface area contributed by atoms with E-state index in [9.17, 15) is 18.0 Å². The van der Waals surface area contributed by atoms with Gasteiger partial charge in [0.15, 0.2) is 0 Å². The van der Waals surface area contributed by atoms with Crippen molar-refractivity contribution in [1.29, 1.82) is 0 Å². The average Bonchev–Trinajstić information content (AvgIpc) is 2.75. The Bertz CT molecular complexity index is 1010. The van der Waals surface area contributed by atoms with E-state index in [4.69, 9.17) is 0 Å². The van der Waals surface area contributed by atoms with Crippen LogP contribution in [-0.4, -0.2) is 39.4 Å². The molecule has 1 atom stereocenters. The fraction of sp³-hybridized carbons (Fsp3) is 0.692. The third-order valence-corrected chi connectivity index (χ3v) is 9.71. The Hall–Kier alpha value is -1.93. The van der Waals surface area contributed by atoms with Crippen molar-refractivity contribution >= 4 is 21.8 Å². The first-order valence-corrected chi connectivity index (χ1v) is 14.1. The van der Waals surface area contributed by atoms with Crippen LogP contribution in [0.4, 0.5) is 0 Å². The second-order valence-electron chi connectivity index (χ2n) is 11.4. The Morgan fingerprint density at radius 2 is 1.59 bits per heavy atom. The van der Waals surface area contributed by atoms with E-state index < -0.39 is 16.1 Å². The lowest BCUT2D eigenvalue weighted by Gasteiger charge is -2.55. The minimum Gasteiger partial charge on any atom is -0.353 e. The van der Waals surface area contributed by atoms with Crippen LogP contribution in [0.2, 0.25) is 0 Å².